The molecule has 6 atom stereocenters. The van der Waals surface area contributed by atoms with Crippen molar-refractivity contribution in [1.82, 2.24) is 15.8 Å². The van der Waals surface area contributed by atoms with Crippen molar-refractivity contribution >= 4 is 73.1 Å². The quantitative estimate of drug-likeness (QED) is 0.231. The molecular weight excluding hydrogens is 573 g/mol. The van der Waals surface area contributed by atoms with Crippen molar-refractivity contribution in [3.05, 3.63) is 34.9 Å². The number of carbonyl (C=O) groups excluding carboxylic acids is 5. The molecule has 1 saturated heterocycles. The first-order chi connectivity index (χ1) is 15.2. The molecule has 12 heteroatoms. The summed E-state index contributed by atoms with van der Waals surface area (Å²) in [6, 6.07) is 6.27. The number of esters is 1. The van der Waals surface area contributed by atoms with Crippen molar-refractivity contribution in [3.8, 4) is 0 Å². The molecule has 9 nitrogen and oxygen atoms in total. The molecular formula is C20H18Br2ClN3O6. The van der Waals surface area contributed by atoms with Crippen LogP contribution in [0, 0.1) is 23.7 Å². The molecule has 2 aliphatic carbocycles. The highest BCUT2D eigenvalue weighted by molar-refractivity contribution is 9.12. The number of carbonyl (C=O) groups is 5. The van der Waals surface area contributed by atoms with E-state index < -0.39 is 42.8 Å². The van der Waals surface area contributed by atoms with Gasteiger partial charge in [-0.1, -0.05) is 55.6 Å². The molecule has 0 radical (unpaired) electrons. The molecule has 4 amide bonds. The van der Waals surface area contributed by atoms with Gasteiger partial charge in [-0.15, -0.1) is 0 Å². The summed E-state index contributed by atoms with van der Waals surface area (Å²) in [5.74, 6) is -3.84. The second kappa shape index (κ2) is 9.11. The van der Waals surface area contributed by atoms with Gasteiger partial charge in [0.1, 0.15) is 6.54 Å². The normalized spacial score (nSPS) is 30.3. The zero-order valence-corrected chi connectivity index (χ0v) is 20.4. The van der Waals surface area contributed by atoms with Gasteiger partial charge in [-0.05, 0) is 30.4 Å². The maximum absolute atomic E-state index is 12.8. The smallest absolute Gasteiger partial charge is 0.326 e. The van der Waals surface area contributed by atoms with Crippen molar-refractivity contribution < 1.29 is 28.7 Å². The number of likely N-dealkylation sites (tertiary alicyclic amines) is 1. The van der Waals surface area contributed by atoms with E-state index in [-0.39, 0.29) is 43.9 Å². The van der Waals surface area contributed by atoms with E-state index >= 15 is 0 Å². The molecule has 0 unspecified atom stereocenters. The van der Waals surface area contributed by atoms with Gasteiger partial charge in [0, 0.05) is 9.65 Å². The van der Waals surface area contributed by atoms with Gasteiger partial charge >= 0.3 is 5.97 Å². The Hall–Kier alpha value is -1.98. The lowest BCUT2D eigenvalue weighted by molar-refractivity contribution is -0.155. The van der Waals surface area contributed by atoms with Crippen molar-refractivity contribution in [2.75, 3.05) is 13.2 Å². The van der Waals surface area contributed by atoms with Gasteiger partial charge < -0.3 is 4.74 Å². The van der Waals surface area contributed by atoms with Crippen LogP contribution in [0.5, 0.6) is 0 Å². The fraction of sp³-hybridized carbons (Fsp3) is 0.450. The number of nitrogens with zero attached hydrogens (tertiary/aromatic N) is 1. The summed E-state index contributed by atoms with van der Waals surface area (Å²) in [4.78, 5) is 62.7. The predicted molar refractivity (Wildman–Crippen MR) is 119 cm³/mol. The fourth-order valence-electron chi connectivity index (χ4n) is 4.76. The molecule has 0 spiro atoms. The highest BCUT2D eigenvalue weighted by atomic mass is 79.9. The summed E-state index contributed by atoms with van der Waals surface area (Å²) >= 11 is 13.1. The molecule has 3 aliphatic rings. The Morgan fingerprint density at radius 2 is 1.62 bits per heavy atom. The number of fused-ring (bicyclic) bond motifs is 5. The molecule has 1 aliphatic heterocycles. The van der Waals surface area contributed by atoms with E-state index in [0.717, 1.165) is 11.3 Å². The van der Waals surface area contributed by atoms with E-state index in [0.29, 0.717) is 0 Å². The largest absolute Gasteiger partial charge is 0.454 e. The van der Waals surface area contributed by atoms with E-state index in [2.05, 4.69) is 42.7 Å². The fourth-order valence-corrected chi connectivity index (χ4v) is 6.86. The Morgan fingerprint density at radius 3 is 2.22 bits per heavy atom. The van der Waals surface area contributed by atoms with Gasteiger partial charge in [0.15, 0.2) is 6.61 Å². The number of hydrogen-bond donors (Lipinski definition) is 2. The lowest BCUT2D eigenvalue weighted by Gasteiger charge is -2.28. The van der Waals surface area contributed by atoms with Crippen LogP contribution in [-0.4, -0.2) is 57.3 Å². The van der Waals surface area contributed by atoms with Crippen LogP contribution >= 0.6 is 43.5 Å². The molecule has 3 fully saturated rings. The Bertz CT molecular complexity index is 975. The molecule has 4 rings (SSSR count). The van der Waals surface area contributed by atoms with Crippen molar-refractivity contribution in [1.29, 1.82) is 0 Å². The molecule has 0 aromatic heterocycles. The molecule has 2 saturated carbocycles. The van der Waals surface area contributed by atoms with Crippen LogP contribution < -0.4 is 10.9 Å². The first kappa shape index (κ1) is 23.2. The van der Waals surface area contributed by atoms with E-state index in [1.807, 2.05) is 0 Å². The van der Waals surface area contributed by atoms with Gasteiger partial charge in [-0.25, -0.2) is 0 Å². The second-order valence-corrected chi connectivity index (χ2v) is 10.4. The van der Waals surface area contributed by atoms with Gasteiger partial charge in [-0.2, -0.15) is 0 Å². The zero-order valence-electron chi connectivity index (χ0n) is 16.4. The summed E-state index contributed by atoms with van der Waals surface area (Å²) in [6.07, 6.45) is 0.789. The minimum Gasteiger partial charge on any atom is -0.454 e. The van der Waals surface area contributed by atoms with Gasteiger partial charge in [0.25, 0.3) is 11.8 Å². The predicted octanol–water partition coefficient (Wildman–Crippen LogP) is 1.42. The Morgan fingerprint density at radius 1 is 1.03 bits per heavy atom. The topological polar surface area (TPSA) is 122 Å². The standard InChI is InChI=1S/C20H18Br2ClN3O6/c21-16-9-5-10(17(16)22)15-14(9)19(30)26(20(15)31)6-13(28)32-7-12(27)24-25-18(29)8-3-1-2-4-11(8)23/h1-4,9-10,14-17H,5-7H2,(H,24,27)(H,25,29)/t9-,10-,14-,15-,16-,17+/m1/s1. The van der Waals surface area contributed by atoms with Crippen molar-refractivity contribution in [2.45, 2.75) is 16.1 Å². The van der Waals surface area contributed by atoms with Gasteiger partial charge in [0.05, 0.1) is 22.4 Å². The van der Waals surface area contributed by atoms with E-state index in [9.17, 15) is 24.0 Å². The number of hydrogen-bond acceptors (Lipinski definition) is 6. The van der Waals surface area contributed by atoms with E-state index in [1.54, 1.807) is 12.1 Å². The number of imide groups is 1. The third-order valence-electron chi connectivity index (χ3n) is 6.16. The monoisotopic (exact) mass is 589 g/mol. The average molecular weight is 592 g/mol. The van der Waals surface area contributed by atoms with Gasteiger partial charge in [-0.3, -0.25) is 39.7 Å². The zero-order chi connectivity index (χ0) is 23.2. The highest BCUT2D eigenvalue weighted by Crippen LogP contribution is 2.60. The minimum absolute atomic E-state index is 0.0411. The number of benzene rings is 1. The maximum Gasteiger partial charge on any atom is 0.326 e. The third-order valence-corrected chi connectivity index (χ3v) is 9.70. The molecule has 1 aromatic carbocycles. The number of rotatable bonds is 5. The lowest BCUT2D eigenvalue weighted by atomic mass is 9.81. The minimum atomic E-state index is -0.891. The number of nitrogens with one attached hydrogen (secondary N) is 2. The maximum atomic E-state index is 12.8. The molecule has 1 heterocycles. The Kier molecular flexibility index (Phi) is 6.60. The molecule has 2 N–H and O–H groups in total. The van der Waals surface area contributed by atoms with Crippen LogP contribution in [-0.2, 0) is 23.9 Å². The lowest BCUT2D eigenvalue weighted by Crippen LogP contribution is -2.44. The Balaban J connectivity index is 1.25. The molecule has 1 aromatic rings. The second-order valence-electron chi connectivity index (χ2n) is 7.91. The highest BCUT2D eigenvalue weighted by Gasteiger charge is 2.66. The van der Waals surface area contributed by atoms with Crippen LogP contribution in [0.2, 0.25) is 5.02 Å². The van der Waals surface area contributed by atoms with Crippen LogP contribution in [0.1, 0.15) is 16.8 Å². The van der Waals surface area contributed by atoms with Crippen LogP contribution in [0.3, 0.4) is 0 Å². The van der Waals surface area contributed by atoms with E-state index in [4.69, 9.17) is 16.3 Å². The van der Waals surface area contributed by atoms with Crippen molar-refractivity contribution in [3.63, 3.8) is 0 Å². The van der Waals surface area contributed by atoms with Crippen LogP contribution in [0.4, 0.5) is 0 Å². The Labute approximate surface area is 204 Å². The average Bonchev–Trinajstić information content (AvgIpc) is 3.37. The summed E-state index contributed by atoms with van der Waals surface area (Å²) in [7, 11) is 0. The number of amides is 4. The summed E-state index contributed by atoms with van der Waals surface area (Å²) in [6.45, 7) is -1.24. The SMILES string of the molecule is O=C(COC(=O)CN1C(=O)[C@@H]2[C@H]3C[C@@H]([C@@H](Br)[C@H]3Br)[C@H]2C1=O)NNC(=O)c1ccccc1Cl. The number of ether oxygens (including phenoxy) is 1. The van der Waals surface area contributed by atoms with Crippen molar-refractivity contribution in [2.24, 2.45) is 23.7 Å². The first-order valence-electron chi connectivity index (χ1n) is 9.83. The third kappa shape index (κ3) is 4.06. The van der Waals surface area contributed by atoms with Gasteiger partial charge in [0.2, 0.25) is 11.8 Å². The van der Waals surface area contributed by atoms with Crippen LogP contribution in [0.15, 0.2) is 24.3 Å². The van der Waals surface area contributed by atoms with Crippen LogP contribution in [0.25, 0.3) is 0 Å². The van der Waals surface area contributed by atoms with E-state index in [1.165, 1.54) is 12.1 Å². The summed E-state index contributed by atoms with van der Waals surface area (Å²) in [5, 5.41) is 0.210. The molecule has 2 bridgehead atoms. The summed E-state index contributed by atoms with van der Waals surface area (Å²) in [5.41, 5.74) is 4.43. The number of alkyl halides is 2. The first-order valence-corrected chi connectivity index (χ1v) is 12.0. The molecule has 32 heavy (non-hydrogen) atoms. The number of halogens is 3. The molecule has 170 valence electrons. The number of hydrazine groups is 1. The summed E-state index contributed by atoms with van der Waals surface area (Å²) < 4.78 is 4.86.